The minimum atomic E-state index is 0.270. The lowest BCUT2D eigenvalue weighted by Gasteiger charge is -2.36. The maximum absolute atomic E-state index is 5.43. The molecule has 1 unspecified atom stereocenters. The second-order valence-corrected chi connectivity index (χ2v) is 7.25. The van der Waals surface area contributed by atoms with Crippen molar-refractivity contribution in [3.8, 4) is 0 Å². The summed E-state index contributed by atoms with van der Waals surface area (Å²) in [5, 5.41) is 4.16. The van der Waals surface area contributed by atoms with E-state index >= 15 is 0 Å². The third-order valence-corrected chi connectivity index (χ3v) is 5.38. The van der Waals surface area contributed by atoms with Crippen LogP contribution in [-0.2, 0) is 11.3 Å². The van der Waals surface area contributed by atoms with E-state index in [0.717, 1.165) is 68.7 Å². The summed E-state index contributed by atoms with van der Waals surface area (Å²) < 4.78 is 10.8. The number of anilines is 1. The summed E-state index contributed by atoms with van der Waals surface area (Å²) in [6.45, 7) is 6.28. The molecule has 0 amide bonds. The van der Waals surface area contributed by atoms with Crippen LogP contribution in [0.25, 0.3) is 0 Å². The molecule has 4 heterocycles. The number of nitrogens with zero attached hydrogens (tertiary/aromatic N) is 6. The van der Waals surface area contributed by atoms with Gasteiger partial charge in [-0.2, -0.15) is 4.98 Å². The fraction of sp³-hybridized carbons (Fsp3) is 0.667. The van der Waals surface area contributed by atoms with E-state index in [1.54, 1.807) is 6.33 Å². The molecule has 26 heavy (non-hydrogen) atoms. The Hall–Kier alpha value is -2.06. The first-order valence-corrected chi connectivity index (χ1v) is 9.33. The minimum Gasteiger partial charge on any atom is -0.381 e. The SMILES string of the molecule is Cc1cc(N(C)C2CCN(Cc3noc(C4CCOC4)n3)CC2)ncn1. The molecule has 8 heteroatoms. The highest BCUT2D eigenvalue weighted by Crippen LogP contribution is 2.24. The lowest BCUT2D eigenvalue weighted by atomic mass is 10.0. The zero-order valence-electron chi connectivity index (χ0n) is 15.5. The van der Waals surface area contributed by atoms with Crippen LogP contribution in [0.5, 0.6) is 0 Å². The lowest BCUT2D eigenvalue weighted by molar-refractivity contribution is 0.188. The Balaban J connectivity index is 1.29. The predicted octanol–water partition coefficient (Wildman–Crippen LogP) is 1.77. The summed E-state index contributed by atoms with van der Waals surface area (Å²) in [5.74, 6) is 2.78. The Labute approximate surface area is 153 Å². The molecule has 140 valence electrons. The molecule has 2 aliphatic rings. The summed E-state index contributed by atoms with van der Waals surface area (Å²) in [6, 6.07) is 2.54. The van der Waals surface area contributed by atoms with Crippen LogP contribution in [-0.4, -0.2) is 64.4 Å². The largest absolute Gasteiger partial charge is 0.381 e. The number of rotatable bonds is 5. The fourth-order valence-corrected chi connectivity index (χ4v) is 3.71. The van der Waals surface area contributed by atoms with E-state index in [9.17, 15) is 0 Å². The van der Waals surface area contributed by atoms with Crippen molar-refractivity contribution in [1.82, 2.24) is 25.0 Å². The van der Waals surface area contributed by atoms with Crippen molar-refractivity contribution in [1.29, 1.82) is 0 Å². The average molecular weight is 358 g/mol. The molecule has 0 radical (unpaired) electrons. The van der Waals surface area contributed by atoms with Crippen molar-refractivity contribution >= 4 is 5.82 Å². The Morgan fingerprint density at radius 3 is 2.81 bits per heavy atom. The van der Waals surface area contributed by atoms with Gasteiger partial charge in [0.25, 0.3) is 0 Å². The second kappa shape index (κ2) is 7.67. The van der Waals surface area contributed by atoms with Gasteiger partial charge in [-0.25, -0.2) is 9.97 Å². The number of aromatic nitrogens is 4. The van der Waals surface area contributed by atoms with Crippen molar-refractivity contribution < 1.29 is 9.26 Å². The Kier molecular flexibility index (Phi) is 5.12. The van der Waals surface area contributed by atoms with Gasteiger partial charge in [-0.05, 0) is 26.2 Å². The summed E-state index contributed by atoms with van der Waals surface area (Å²) in [5.41, 5.74) is 1.000. The van der Waals surface area contributed by atoms with Crippen molar-refractivity contribution in [3.05, 3.63) is 29.8 Å². The maximum Gasteiger partial charge on any atom is 0.232 e. The standard InChI is InChI=1S/C18H26N6O2/c1-13-9-17(20-12-19-13)23(2)15-3-6-24(7-4-15)10-16-21-18(26-22-16)14-5-8-25-11-14/h9,12,14-15H,3-8,10-11H2,1-2H3. The predicted molar refractivity (Wildman–Crippen MR) is 95.9 cm³/mol. The van der Waals surface area contributed by atoms with Crippen molar-refractivity contribution in [2.75, 3.05) is 38.3 Å². The van der Waals surface area contributed by atoms with Gasteiger partial charge >= 0.3 is 0 Å². The molecule has 2 aromatic rings. The zero-order valence-corrected chi connectivity index (χ0v) is 15.5. The van der Waals surface area contributed by atoms with Crippen LogP contribution in [0.2, 0.25) is 0 Å². The first kappa shape index (κ1) is 17.4. The van der Waals surface area contributed by atoms with E-state index in [-0.39, 0.29) is 5.92 Å². The van der Waals surface area contributed by atoms with E-state index in [1.165, 1.54) is 0 Å². The quantitative estimate of drug-likeness (QED) is 0.800. The van der Waals surface area contributed by atoms with Crippen molar-refractivity contribution in [2.24, 2.45) is 0 Å². The highest BCUT2D eigenvalue weighted by Gasteiger charge is 2.26. The molecule has 2 fully saturated rings. The Morgan fingerprint density at radius 1 is 1.23 bits per heavy atom. The second-order valence-electron chi connectivity index (χ2n) is 7.25. The van der Waals surface area contributed by atoms with Gasteiger partial charge in [0.15, 0.2) is 5.82 Å². The van der Waals surface area contributed by atoms with Crippen LogP contribution in [0, 0.1) is 6.92 Å². The fourth-order valence-electron chi connectivity index (χ4n) is 3.71. The van der Waals surface area contributed by atoms with Gasteiger partial charge in [0.2, 0.25) is 5.89 Å². The highest BCUT2D eigenvalue weighted by molar-refractivity contribution is 5.39. The van der Waals surface area contributed by atoms with Gasteiger partial charge < -0.3 is 14.2 Å². The molecule has 0 aliphatic carbocycles. The van der Waals surface area contributed by atoms with Crippen LogP contribution in [0.3, 0.4) is 0 Å². The third-order valence-electron chi connectivity index (χ3n) is 5.38. The molecule has 2 aliphatic heterocycles. The van der Waals surface area contributed by atoms with Crippen LogP contribution in [0.1, 0.15) is 42.6 Å². The van der Waals surface area contributed by atoms with Gasteiger partial charge in [0.05, 0.1) is 19.1 Å². The number of hydrogen-bond donors (Lipinski definition) is 0. The maximum atomic E-state index is 5.43. The Bertz CT molecular complexity index is 722. The number of ether oxygens (including phenoxy) is 1. The van der Waals surface area contributed by atoms with Gasteiger partial charge in [-0.3, -0.25) is 4.90 Å². The Morgan fingerprint density at radius 2 is 2.08 bits per heavy atom. The monoisotopic (exact) mass is 358 g/mol. The summed E-state index contributed by atoms with van der Waals surface area (Å²) in [6.07, 6.45) is 4.81. The highest BCUT2D eigenvalue weighted by atomic mass is 16.5. The summed E-state index contributed by atoms with van der Waals surface area (Å²) in [7, 11) is 2.12. The van der Waals surface area contributed by atoms with E-state index < -0.39 is 0 Å². The van der Waals surface area contributed by atoms with Crippen LogP contribution in [0.15, 0.2) is 16.9 Å². The molecule has 0 spiro atoms. The number of piperidine rings is 1. The third kappa shape index (κ3) is 3.86. The number of aryl methyl sites for hydroxylation is 1. The van der Waals surface area contributed by atoms with Crippen LogP contribution < -0.4 is 4.90 Å². The first-order valence-electron chi connectivity index (χ1n) is 9.33. The van der Waals surface area contributed by atoms with E-state index in [1.807, 2.05) is 13.0 Å². The van der Waals surface area contributed by atoms with Gasteiger partial charge in [-0.15, -0.1) is 0 Å². The first-order chi connectivity index (χ1) is 12.7. The molecule has 8 nitrogen and oxygen atoms in total. The van der Waals surface area contributed by atoms with E-state index in [4.69, 9.17) is 9.26 Å². The molecular formula is C18H26N6O2. The summed E-state index contributed by atoms with van der Waals surface area (Å²) in [4.78, 5) is 17.8. The van der Waals surface area contributed by atoms with Crippen LogP contribution >= 0.6 is 0 Å². The van der Waals surface area contributed by atoms with Gasteiger partial charge in [-0.1, -0.05) is 5.16 Å². The molecular weight excluding hydrogens is 332 g/mol. The molecule has 2 aromatic heterocycles. The van der Waals surface area contributed by atoms with E-state index in [0.29, 0.717) is 12.6 Å². The molecule has 0 N–H and O–H groups in total. The number of hydrogen-bond acceptors (Lipinski definition) is 8. The lowest BCUT2D eigenvalue weighted by Crippen LogP contribution is -2.43. The van der Waals surface area contributed by atoms with Crippen molar-refractivity contribution in [2.45, 2.75) is 44.7 Å². The molecule has 1 atom stereocenters. The smallest absolute Gasteiger partial charge is 0.232 e. The van der Waals surface area contributed by atoms with Gasteiger partial charge in [0, 0.05) is 44.5 Å². The summed E-state index contributed by atoms with van der Waals surface area (Å²) >= 11 is 0. The normalized spacial score (nSPS) is 22.0. The average Bonchev–Trinajstić information content (AvgIpc) is 3.33. The van der Waals surface area contributed by atoms with E-state index in [2.05, 4.69) is 37.0 Å². The zero-order chi connectivity index (χ0) is 17.9. The van der Waals surface area contributed by atoms with Crippen molar-refractivity contribution in [3.63, 3.8) is 0 Å². The molecule has 0 saturated carbocycles. The molecule has 0 bridgehead atoms. The molecule has 2 saturated heterocycles. The minimum absolute atomic E-state index is 0.270. The topological polar surface area (TPSA) is 80.4 Å². The number of likely N-dealkylation sites (tertiary alicyclic amines) is 1. The molecule has 4 rings (SSSR count). The van der Waals surface area contributed by atoms with Gasteiger partial charge in [0.1, 0.15) is 12.1 Å². The molecule has 0 aromatic carbocycles. The van der Waals surface area contributed by atoms with Crippen LogP contribution in [0.4, 0.5) is 5.82 Å².